The minimum atomic E-state index is 0.649. The van der Waals surface area contributed by atoms with E-state index >= 15 is 0 Å². The van der Waals surface area contributed by atoms with Crippen LogP contribution in [0.5, 0.6) is 0 Å². The number of hydrogen-bond acceptors (Lipinski definition) is 3. The largest absolute Gasteiger partial charge is 0.308 e. The van der Waals surface area contributed by atoms with Gasteiger partial charge < -0.3 is 4.57 Å². The summed E-state index contributed by atoms with van der Waals surface area (Å²) in [5, 5.41) is 7.30. The fraction of sp³-hybridized carbons (Fsp3) is 0. The van der Waals surface area contributed by atoms with Gasteiger partial charge in [0.1, 0.15) is 0 Å². The summed E-state index contributed by atoms with van der Waals surface area (Å²) < 4.78 is 2.47. The Kier molecular flexibility index (Phi) is 5.92. The molecular formula is C47H28N4. The van der Waals surface area contributed by atoms with Crippen LogP contribution in [0.2, 0.25) is 0 Å². The zero-order valence-corrected chi connectivity index (χ0v) is 27.5. The smallest absolute Gasteiger partial charge is 0.164 e. The molecule has 0 unspecified atom stereocenters. The van der Waals surface area contributed by atoms with Crippen molar-refractivity contribution in [3.63, 3.8) is 0 Å². The van der Waals surface area contributed by atoms with Crippen LogP contribution in [0.25, 0.3) is 105 Å². The first-order valence-corrected chi connectivity index (χ1v) is 17.3. The van der Waals surface area contributed by atoms with E-state index in [2.05, 4.69) is 114 Å². The van der Waals surface area contributed by atoms with Crippen molar-refractivity contribution >= 4 is 43.4 Å². The lowest BCUT2D eigenvalue weighted by molar-refractivity contribution is 1.08. The lowest BCUT2D eigenvalue weighted by Gasteiger charge is -2.16. The first-order chi connectivity index (χ1) is 25.3. The van der Waals surface area contributed by atoms with Gasteiger partial charge >= 0.3 is 0 Å². The van der Waals surface area contributed by atoms with Crippen LogP contribution in [-0.4, -0.2) is 19.5 Å². The normalized spacial score (nSPS) is 11.9. The average Bonchev–Trinajstić information content (AvgIpc) is 3.72. The van der Waals surface area contributed by atoms with E-state index < -0.39 is 0 Å². The Balaban J connectivity index is 1.20. The van der Waals surface area contributed by atoms with Gasteiger partial charge in [0.25, 0.3) is 0 Å². The third-order valence-corrected chi connectivity index (χ3v) is 10.4. The summed E-state index contributed by atoms with van der Waals surface area (Å²) in [5.74, 6) is 1.95. The Morgan fingerprint density at radius 2 is 0.882 bits per heavy atom. The molecule has 1 aliphatic rings. The molecule has 0 amide bonds. The molecule has 0 radical (unpaired) electrons. The Bertz CT molecular complexity index is 2960. The second-order valence-corrected chi connectivity index (χ2v) is 13.2. The van der Waals surface area contributed by atoms with Crippen molar-refractivity contribution in [2.24, 2.45) is 0 Å². The maximum absolute atomic E-state index is 5.10. The second kappa shape index (κ2) is 10.8. The van der Waals surface area contributed by atoms with E-state index in [0.717, 1.165) is 33.2 Å². The van der Waals surface area contributed by atoms with E-state index in [0.29, 0.717) is 17.5 Å². The van der Waals surface area contributed by atoms with Gasteiger partial charge in [0.15, 0.2) is 17.5 Å². The zero-order chi connectivity index (χ0) is 33.5. The van der Waals surface area contributed by atoms with Gasteiger partial charge in [0.2, 0.25) is 0 Å². The summed E-state index contributed by atoms with van der Waals surface area (Å²) in [6.07, 6.45) is 0. The summed E-state index contributed by atoms with van der Waals surface area (Å²) in [6.45, 7) is 0. The van der Waals surface area contributed by atoms with Crippen molar-refractivity contribution in [2.45, 2.75) is 0 Å². The van der Waals surface area contributed by atoms with Crippen molar-refractivity contribution < 1.29 is 0 Å². The van der Waals surface area contributed by atoms with Gasteiger partial charge in [-0.05, 0) is 57.3 Å². The first kappa shape index (κ1) is 28.0. The summed E-state index contributed by atoms with van der Waals surface area (Å²) in [5.41, 5.74) is 11.6. The van der Waals surface area contributed by atoms with E-state index in [1.54, 1.807) is 0 Å². The minimum Gasteiger partial charge on any atom is -0.308 e. The van der Waals surface area contributed by atoms with Crippen LogP contribution in [0, 0.1) is 0 Å². The highest BCUT2D eigenvalue weighted by molar-refractivity contribution is 6.28. The maximum Gasteiger partial charge on any atom is 0.164 e. The number of aromatic nitrogens is 4. The molecule has 4 nitrogen and oxygen atoms in total. The van der Waals surface area contributed by atoms with Gasteiger partial charge in [-0.2, -0.15) is 0 Å². The van der Waals surface area contributed by atoms with E-state index in [-0.39, 0.29) is 0 Å². The van der Waals surface area contributed by atoms with Crippen molar-refractivity contribution in [1.82, 2.24) is 19.5 Å². The number of rotatable bonds is 4. The predicted molar refractivity (Wildman–Crippen MR) is 210 cm³/mol. The van der Waals surface area contributed by atoms with E-state index in [1.165, 1.54) is 54.8 Å². The van der Waals surface area contributed by atoms with Crippen LogP contribution in [-0.2, 0) is 0 Å². The van der Waals surface area contributed by atoms with Gasteiger partial charge in [-0.15, -0.1) is 0 Å². The second-order valence-electron chi connectivity index (χ2n) is 13.2. The Morgan fingerprint density at radius 3 is 1.61 bits per heavy atom. The van der Waals surface area contributed by atoms with E-state index in [9.17, 15) is 0 Å². The lowest BCUT2D eigenvalue weighted by atomic mass is 9.98. The summed E-state index contributed by atoms with van der Waals surface area (Å²) >= 11 is 0. The fourth-order valence-electron chi connectivity index (χ4n) is 8.17. The highest BCUT2D eigenvalue weighted by Gasteiger charge is 2.26. The summed E-state index contributed by atoms with van der Waals surface area (Å²) in [6, 6.07) is 60.2. The Hall–Kier alpha value is -6.91. The number of fused-ring (bicyclic) bond motifs is 8. The van der Waals surface area contributed by atoms with E-state index in [1.807, 2.05) is 60.7 Å². The van der Waals surface area contributed by atoms with Crippen molar-refractivity contribution in [3.8, 4) is 62.1 Å². The molecule has 0 N–H and O–H groups in total. The van der Waals surface area contributed by atoms with Crippen molar-refractivity contribution in [2.75, 3.05) is 0 Å². The van der Waals surface area contributed by atoms with Gasteiger partial charge in [-0.1, -0.05) is 146 Å². The lowest BCUT2D eigenvalue weighted by Crippen LogP contribution is -2.02. The predicted octanol–water partition coefficient (Wildman–Crippen LogP) is 11.9. The molecule has 4 heteroatoms. The first-order valence-electron chi connectivity index (χ1n) is 17.3. The minimum absolute atomic E-state index is 0.649. The molecule has 1 aliphatic carbocycles. The van der Waals surface area contributed by atoms with Crippen LogP contribution in [0.3, 0.4) is 0 Å². The Morgan fingerprint density at radius 1 is 0.333 bits per heavy atom. The molecule has 0 saturated carbocycles. The fourth-order valence-corrected chi connectivity index (χ4v) is 8.17. The van der Waals surface area contributed by atoms with E-state index in [4.69, 9.17) is 15.0 Å². The number of para-hydroxylation sites is 1. The average molecular weight is 649 g/mol. The molecule has 0 aliphatic heterocycles. The van der Waals surface area contributed by atoms with Crippen LogP contribution < -0.4 is 0 Å². The van der Waals surface area contributed by atoms with Gasteiger partial charge in [0.05, 0.1) is 16.7 Å². The molecule has 2 heterocycles. The number of hydrogen-bond donors (Lipinski definition) is 0. The highest BCUT2D eigenvalue weighted by atomic mass is 15.0. The van der Waals surface area contributed by atoms with Crippen LogP contribution in [0.4, 0.5) is 0 Å². The third kappa shape index (κ3) is 4.11. The molecule has 10 aromatic rings. The molecule has 0 saturated heterocycles. The molecule has 8 aromatic carbocycles. The number of benzene rings is 8. The summed E-state index contributed by atoms with van der Waals surface area (Å²) in [4.78, 5) is 15.1. The monoisotopic (exact) mass is 648 g/mol. The third-order valence-electron chi connectivity index (χ3n) is 10.4. The maximum atomic E-state index is 5.10. The van der Waals surface area contributed by atoms with Crippen molar-refractivity contribution in [1.29, 1.82) is 0 Å². The quantitative estimate of drug-likeness (QED) is 0.191. The molecule has 0 spiro atoms. The van der Waals surface area contributed by atoms with Gasteiger partial charge in [0, 0.05) is 38.2 Å². The zero-order valence-electron chi connectivity index (χ0n) is 27.5. The standard InChI is InChI=1S/C47H28N4/c1-3-14-29(15-4-1)45-48-46(30-16-5-2-6-17-30)50-47(49-45)37-26-27-42(34-21-10-9-20-33(34)37)51-41-25-12-11-22-35(41)40-28-39-32-19-8-7-18-31(32)36-23-13-24-38(43(36)39)44(40)51/h1-28H. The molecule has 0 atom stereocenters. The number of nitrogens with zero attached hydrogens (tertiary/aromatic N) is 4. The van der Waals surface area contributed by atoms with Gasteiger partial charge in [-0.3, -0.25) is 0 Å². The van der Waals surface area contributed by atoms with Crippen LogP contribution >= 0.6 is 0 Å². The topological polar surface area (TPSA) is 43.6 Å². The van der Waals surface area contributed by atoms with Crippen LogP contribution in [0.15, 0.2) is 170 Å². The molecule has 11 rings (SSSR count). The van der Waals surface area contributed by atoms with Gasteiger partial charge in [-0.25, -0.2) is 15.0 Å². The molecule has 0 bridgehead atoms. The molecule has 2 aromatic heterocycles. The van der Waals surface area contributed by atoms with Crippen molar-refractivity contribution in [3.05, 3.63) is 170 Å². The molecular weight excluding hydrogens is 621 g/mol. The Labute approximate surface area is 294 Å². The molecule has 51 heavy (non-hydrogen) atoms. The highest BCUT2D eigenvalue weighted by Crippen LogP contribution is 2.51. The molecule has 236 valence electrons. The SMILES string of the molecule is c1ccc(-c2nc(-c3ccccc3)nc(-c3ccc(-n4c5ccccc5c5cc6c7c(cccc7c54)-c4ccccc4-6)c4ccccc34)n2)cc1. The molecule has 0 fully saturated rings. The van der Waals surface area contributed by atoms with Crippen LogP contribution in [0.1, 0.15) is 0 Å². The summed E-state index contributed by atoms with van der Waals surface area (Å²) in [7, 11) is 0.